The van der Waals surface area contributed by atoms with Crippen LogP contribution in [0.4, 0.5) is 0 Å². The highest BCUT2D eigenvalue weighted by molar-refractivity contribution is 4.67. The van der Waals surface area contributed by atoms with Gasteiger partial charge in [0.25, 0.3) is 0 Å². The van der Waals surface area contributed by atoms with Gasteiger partial charge in [-0.3, -0.25) is 0 Å². The summed E-state index contributed by atoms with van der Waals surface area (Å²) in [5.41, 5.74) is 0.409. The van der Waals surface area contributed by atoms with Gasteiger partial charge in [-0.15, -0.1) is 0 Å². The van der Waals surface area contributed by atoms with Gasteiger partial charge in [-0.05, 0) is 31.3 Å². The van der Waals surface area contributed by atoms with E-state index in [1.807, 2.05) is 0 Å². The first-order chi connectivity index (χ1) is 6.81. The van der Waals surface area contributed by atoms with Crippen molar-refractivity contribution in [1.29, 1.82) is 0 Å². The molecule has 0 fully saturated rings. The highest BCUT2D eigenvalue weighted by Gasteiger charge is 2.12. The number of hydrogen-bond acceptors (Lipinski definition) is 2. The molecule has 0 rings (SSSR count). The van der Waals surface area contributed by atoms with E-state index in [-0.39, 0.29) is 0 Å². The molecule has 15 heavy (non-hydrogen) atoms. The maximum Gasteiger partial charge on any atom is 0.0104 e. The molecule has 0 aromatic rings. The number of rotatable bonds is 7. The normalized spacial score (nSPS) is 12.8. The third-order valence-electron chi connectivity index (χ3n) is 2.31. The average Bonchev–Trinajstić information content (AvgIpc) is 1.99. The standard InChI is InChI=1S/C13H30N2/c1-12(2)7-8-14-9-10-15(6)11-13(3,4)5/h12,14H,7-11H2,1-6H3. The molecule has 0 bridgehead atoms. The maximum absolute atomic E-state index is 3.49. The van der Waals surface area contributed by atoms with Gasteiger partial charge in [0.1, 0.15) is 0 Å². The Labute approximate surface area is 96.4 Å². The van der Waals surface area contributed by atoms with Crippen molar-refractivity contribution in [3.63, 3.8) is 0 Å². The van der Waals surface area contributed by atoms with E-state index in [0.29, 0.717) is 5.41 Å². The number of hydrogen-bond donors (Lipinski definition) is 1. The van der Waals surface area contributed by atoms with Crippen molar-refractivity contribution in [3.8, 4) is 0 Å². The van der Waals surface area contributed by atoms with Crippen LogP contribution in [-0.2, 0) is 0 Å². The van der Waals surface area contributed by atoms with Crippen molar-refractivity contribution in [2.45, 2.75) is 41.0 Å². The first-order valence-electron chi connectivity index (χ1n) is 6.20. The second-order valence-electron chi connectivity index (χ2n) is 6.23. The smallest absolute Gasteiger partial charge is 0.0104 e. The lowest BCUT2D eigenvalue weighted by molar-refractivity contribution is 0.227. The molecule has 1 N–H and O–H groups in total. The lowest BCUT2D eigenvalue weighted by Gasteiger charge is -2.26. The summed E-state index contributed by atoms with van der Waals surface area (Å²) in [6, 6.07) is 0. The molecule has 0 aliphatic carbocycles. The fourth-order valence-corrected chi connectivity index (χ4v) is 1.67. The molecule has 0 aliphatic rings. The van der Waals surface area contributed by atoms with Crippen LogP contribution in [0.1, 0.15) is 41.0 Å². The van der Waals surface area contributed by atoms with E-state index in [2.05, 4.69) is 51.9 Å². The lowest BCUT2D eigenvalue weighted by Crippen LogP contribution is -2.35. The van der Waals surface area contributed by atoms with Gasteiger partial charge in [0.2, 0.25) is 0 Å². The summed E-state index contributed by atoms with van der Waals surface area (Å²) < 4.78 is 0. The summed E-state index contributed by atoms with van der Waals surface area (Å²) in [7, 11) is 2.20. The minimum atomic E-state index is 0.409. The Morgan fingerprint density at radius 1 is 1.13 bits per heavy atom. The molecule has 0 heterocycles. The summed E-state index contributed by atoms with van der Waals surface area (Å²) in [5.74, 6) is 0.810. The van der Waals surface area contributed by atoms with Crippen LogP contribution in [0.25, 0.3) is 0 Å². The Kier molecular flexibility index (Phi) is 7.20. The van der Waals surface area contributed by atoms with Crippen molar-refractivity contribution in [2.24, 2.45) is 11.3 Å². The quantitative estimate of drug-likeness (QED) is 0.655. The Balaban J connectivity index is 3.36. The van der Waals surface area contributed by atoms with Crippen LogP contribution in [0, 0.1) is 11.3 Å². The zero-order chi connectivity index (χ0) is 11.9. The van der Waals surface area contributed by atoms with Crippen molar-refractivity contribution < 1.29 is 0 Å². The van der Waals surface area contributed by atoms with Crippen molar-refractivity contribution in [2.75, 3.05) is 33.2 Å². The van der Waals surface area contributed by atoms with Gasteiger partial charge in [-0.1, -0.05) is 34.6 Å². The number of nitrogens with one attached hydrogen (secondary N) is 1. The first kappa shape index (κ1) is 14.9. The monoisotopic (exact) mass is 214 g/mol. The molecule has 0 unspecified atom stereocenters. The lowest BCUT2D eigenvalue weighted by atomic mass is 9.96. The predicted octanol–water partition coefficient (Wildman–Crippen LogP) is 2.60. The Hall–Kier alpha value is -0.0800. The molecule has 0 spiro atoms. The van der Waals surface area contributed by atoms with E-state index in [1.165, 1.54) is 13.0 Å². The number of nitrogens with zero attached hydrogens (tertiary/aromatic N) is 1. The second-order valence-corrected chi connectivity index (χ2v) is 6.23. The van der Waals surface area contributed by atoms with Crippen LogP contribution >= 0.6 is 0 Å². The Bertz CT molecular complexity index is 147. The van der Waals surface area contributed by atoms with Crippen LogP contribution in [0.2, 0.25) is 0 Å². The third kappa shape index (κ3) is 11.8. The minimum absolute atomic E-state index is 0.409. The van der Waals surface area contributed by atoms with Gasteiger partial charge in [-0.25, -0.2) is 0 Å². The molecular formula is C13H30N2. The molecule has 2 nitrogen and oxygen atoms in total. The topological polar surface area (TPSA) is 15.3 Å². The average molecular weight is 214 g/mol. The molecule has 0 aliphatic heterocycles. The van der Waals surface area contributed by atoms with E-state index in [9.17, 15) is 0 Å². The third-order valence-corrected chi connectivity index (χ3v) is 2.31. The maximum atomic E-state index is 3.49. The van der Waals surface area contributed by atoms with E-state index in [1.54, 1.807) is 0 Å². The summed E-state index contributed by atoms with van der Waals surface area (Å²) >= 11 is 0. The van der Waals surface area contributed by atoms with E-state index in [4.69, 9.17) is 0 Å². The number of likely N-dealkylation sites (N-methyl/N-ethyl adjacent to an activating group) is 1. The summed E-state index contributed by atoms with van der Waals surface area (Å²) in [4.78, 5) is 2.41. The predicted molar refractivity (Wildman–Crippen MR) is 69.3 cm³/mol. The van der Waals surface area contributed by atoms with Crippen LogP contribution < -0.4 is 5.32 Å². The van der Waals surface area contributed by atoms with E-state index in [0.717, 1.165) is 25.6 Å². The molecule has 0 amide bonds. The molecule has 0 aromatic carbocycles. The zero-order valence-corrected chi connectivity index (χ0v) is 11.6. The van der Waals surface area contributed by atoms with Gasteiger partial charge < -0.3 is 10.2 Å². The van der Waals surface area contributed by atoms with Gasteiger partial charge in [-0.2, -0.15) is 0 Å². The zero-order valence-electron chi connectivity index (χ0n) is 11.6. The minimum Gasteiger partial charge on any atom is -0.315 e. The van der Waals surface area contributed by atoms with Gasteiger partial charge >= 0.3 is 0 Å². The molecule has 0 atom stereocenters. The summed E-state index contributed by atoms with van der Waals surface area (Å²) in [5, 5.41) is 3.49. The SMILES string of the molecule is CC(C)CCNCCN(C)CC(C)(C)C. The molecule has 0 saturated heterocycles. The Morgan fingerprint density at radius 2 is 1.73 bits per heavy atom. The first-order valence-corrected chi connectivity index (χ1v) is 6.20. The Morgan fingerprint density at radius 3 is 2.20 bits per heavy atom. The highest BCUT2D eigenvalue weighted by Crippen LogP contribution is 2.13. The van der Waals surface area contributed by atoms with Crippen LogP contribution in [0.15, 0.2) is 0 Å². The van der Waals surface area contributed by atoms with Crippen molar-refractivity contribution in [3.05, 3.63) is 0 Å². The molecular weight excluding hydrogens is 184 g/mol. The van der Waals surface area contributed by atoms with Gasteiger partial charge in [0, 0.05) is 19.6 Å². The highest BCUT2D eigenvalue weighted by atomic mass is 15.1. The van der Waals surface area contributed by atoms with Crippen molar-refractivity contribution >= 4 is 0 Å². The van der Waals surface area contributed by atoms with E-state index < -0.39 is 0 Å². The van der Waals surface area contributed by atoms with Crippen LogP contribution in [-0.4, -0.2) is 38.1 Å². The second kappa shape index (κ2) is 7.24. The fraction of sp³-hybridized carbons (Fsp3) is 1.00. The molecule has 0 aromatic heterocycles. The van der Waals surface area contributed by atoms with Gasteiger partial charge in [0.15, 0.2) is 0 Å². The largest absolute Gasteiger partial charge is 0.315 e. The van der Waals surface area contributed by atoms with Crippen LogP contribution in [0.5, 0.6) is 0 Å². The fourth-order valence-electron chi connectivity index (χ4n) is 1.67. The summed E-state index contributed by atoms with van der Waals surface area (Å²) in [6.45, 7) is 16.0. The van der Waals surface area contributed by atoms with Crippen LogP contribution in [0.3, 0.4) is 0 Å². The molecule has 92 valence electrons. The van der Waals surface area contributed by atoms with Gasteiger partial charge in [0.05, 0.1) is 0 Å². The van der Waals surface area contributed by atoms with Crippen molar-refractivity contribution in [1.82, 2.24) is 10.2 Å². The summed E-state index contributed by atoms with van der Waals surface area (Å²) in [6.07, 6.45) is 1.28. The molecule has 0 saturated carbocycles. The molecule has 0 radical (unpaired) electrons. The van der Waals surface area contributed by atoms with E-state index >= 15 is 0 Å². The molecule has 2 heteroatoms.